The molecule has 12 heavy (non-hydrogen) atoms. The van der Waals surface area contributed by atoms with E-state index in [9.17, 15) is 9.90 Å². The van der Waals surface area contributed by atoms with E-state index < -0.39 is 5.97 Å². The van der Waals surface area contributed by atoms with Crippen molar-refractivity contribution in [2.24, 2.45) is 17.8 Å². The molecule has 0 bridgehead atoms. The molecule has 2 atom stereocenters. The fourth-order valence-electron chi connectivity index (χ4n) is 1.86. The standard InChI is InChI=1S/C10H17O2/c1-7(2)5-9-6-8(9)3-4-10(11)12/h7-9H,3-6H2,1-2H3. The predicted molar refractivity (Wildman–Crippen MR) is 46.0 cm³/mol. The minimum absolute atomic E-state index is 0.249. The molecule has 0 N–H and O–H groups in total. The van der Waals surface area contributed by atoms with Crippen LogP contribution in [-0.4, -0.2) is 5.97 Å². The molecule has 69 valence electrons. The molecule has 0 aliphatic heterocycles. The maximum Gasteiger partial charge on any atom is 0.355 e. The first-order valence-electron chi connectivity index (χ1n) is 4.79. The van der Waals surface area contributed by atoms with Crippen LogP contribution >= 0.6 is 0 Å². The van der Waals surface area contributed by atoms with Crippen molar-refractivity contribution in [3.8, 4) is 0 Å². The van der Waals surface area contributed by atoms with Crippen molar-refractivity contribution in [1.29, 1.82) is 0 Å². The van der Waals surface area contributed by atoms with Gasteiger partial charge in [0.25, 0.3) is 0 Å². The smallest absolute Gasteiger partial charge is 0.247 e. The Balaban J connectivity index is 2.04. The number of carbonyl (C=O) groups excluding carboxylic acids is 1. The zero-order valence-corrected chi connectivity index (χ0v) is 7.88. The highest BCUT2D eigenvalue weighted by atomic mass is 16.4. The van der Waals surface area contributed by atoms with Gasteiger partial charge in [0.15, 0.2) is 0 Å². The molecule has 1 radical (unpaired) electrons. The second kappa shape index (κ2) is 3.92. The quantitative estimate of drug-likeness (QED) is 0.622. The van der Waals surface area contributed by atoms with Crippen molar-refractivity contribution in [2.45, 2.75) is 39.5 Å². The van der Waals surface area contributed by atoms with E-state index in [0.29, 0.717) is 5.92 Å². The summed E-state index contributed by atoms with van der Waals surface area (Å²) in [6.07, 6.45) is 3.59. The van der Waals surface area contributed by atoms with E-state index in [1.54, 1.807) is 0 Å². The van der Waals surface area contributed by atoms with E-state index in [-0.39, 0.29) is 6.42 Å². The lowest BCUT2D eigenvalue weighted by atomic mass is 10.0. The van der Waals surface area contributed by atoms with E-state index in [1.807, 2.05) is 0 Å². The summed E-state index contributed by atoms with van der Waals surface area (Å²) in [5.74, 6) is 1.35. The molecule has 0 saturated heterocycles. The van der Waals surface area contributed by atoms with Crippen molar-refractivity contribution < 1.29 is 9.90 Å². The highest BCUT2D eigenvalue weighted by Crippen LogP contribution is 2.45. The van der Waals surface area contributed by atoms with Crippen molar-refractivity contribution in [3.63, 3.8) is 0 Å². The third-order valence-electron chi connectivity index (χ3n) is 2.56. The first kappa shape index (κ1) is 9.56. The fourth-order valence-corrected chi connectivity index (χ4v) is 1.86. The van der Waals surface area contributed by atoms with Crippen LogP contribution < -0.4 is 0 Å². The topological polar surface area (TPSA) is 37.0 Å². The van der Waals surface area contributed by atoms with Gasteiger partial charge in [-0.3, -0.25) is 0 Å². The molecule has 0 aromatic heterocycles. The maximum atomic E-state index is 10.1. The monoisotopic (exact) mass is 169 g/mol. The molecule has 0 aromatic rings. The Morgan fingerprint density at radius 2 is 2.08 bits per heavy atom. The lowest BCUT2D eigenvalue weighted by Gasteiger charge is -2.01. The van der Waals surface area contributed by atoms with Crippen LogP contribution in [0.3, 0.4) is 0 Å². The molecule has 0 amide bonds. The van der Waals surface area contributed by atoms with Gasteiger partial charge in [-0.05, 0) is 37.0 Å². The summed E-state index contributed by atoms with van der Waals surface area (Å²) >= 11 is 0. The minimum Gasteiger partial charge on any atom is -0.247 e. The summed E-state index contributed by atoms with van der Waals surface area (Å²) in [6.45, 7) is 4.43. The molecule has 0 heterocycles. The molecule has 1 fully saturated rings. The second-order valence-electron chi connectivity index (χ2n) is 4.30. The lowest BCUT2D eigenvalue weighted by Crippen LogP contribution is -1.95. The Morgan fingerprint density at radius 3 is 2.58 bits per heavy atom. The highest BCUT2D eigenvalue weighted by molar-refractivity contribution is 5.66. The number of hydrogen-bond donors (Lipinski definition) is 0. The Labute approximate surface area is 74.0 Å². The van der Waals surface area contributed by atoms with Gasteiger partial charge in [0.2, 0.25) is 0 Å². The Hall–Kier alpha value is -0.530. The number of hydrogen-bond acceptors (Lipinski definition) is 1. The van der Waals surface area contributed by atoms with E-state index >= 15 is 0 Å². The number of rotatable bonds is 5. The third kappa shape index (κ3) is 3.24. The van der Waals surface area contributed by atoms with E-state index in [0.717, 1.165) is 18.3 Å². The molecule has 2 unspecified atom stereocenters. The van der Waals surface area contributed by atoms with Crippen molar-refractivity contribution in [1.82, 2.24) is 0 Å². The van der Waals surface area contributed by atoms with E-state index in [2.05, 4.69) is 13.8 Å². The summed E-state index contributed by atoms with van der Waals surface area (Å²) < 4.78 is 0. The molecule has 1 rings (SSSR count). The summed E-state index contributed by atoms with van der Waals surface area (Å²) in [5, 5.41) is 10.1. The van der Waals surface area contributed by atoms with Crippen LogP contribution in [-0.2, 0) is 9.90 Å². The molecule has 0 spiro atoms. The largest absolute Gasteiger partial charge is 0.355 e. The summed E-state index contributed by atoms with van der Waals surface area (Å²) in [4.78, 5) is 10.1. The number of carbonyl (C=O) groups is 1. The van der Waals surface area contributed by atoms with Crippen LogP contribution in [0.2, 0.25) is 0 Å². The van der Waals surface area contributed by atoms with Crippen LogP contribution in [0, 0.1) is 17.8 Å². The SMILES string of the molecule is CC(C)CC1CC1CCC([O])=O. The van der Waals surface area contributed by atoms with E-state index in [4.69, 9.17) is 0 Å². The average molecular weight is 169 g/mol. The second-order valence-corrected chi connectivity index (χ2v) is 4.30. The molecule has 1 aliphatic carbocycles. The van der Waals surface area contributed by atoms with Crippen LogP contribution in [0.15, 0.2) is 0 Å². The van der Waals surface area contributed by atoms with Crippen LogP contribution in [0.1, 0.15) is 39.5 Å². The van der Waals surface area contributed by atoms with Crippen molar-refractivity contribution in [2.75, 3.05) is 0 Å². The van der Waals surface area contributed by atoms with Gasteiger partial charge in [-0.2, -0.15) is 0 Å². The Morgan fingerprint density at radius 1 is 1.42 bits per heavy atom. The first-order valence-corrected chi connectivity index (χ1v) is 4.79. The molecule has 2 heteroatoms. The zero-order valence-electron chi connectivity index (χ0n) is 7.88. The van der Waals surface area contributed by atoms with E-state index in [1.165, 1.54) is 12.8 Å². The molecule has 0 aromatic carbocycles. The molecular weight excluding hydrogens is 152 g/mol. The molecule has 1 saturated carbocycles. The van der Waals surface area contributed by atoms with Crippen molar-refractivity contribution in [3.05, 3.63) is 0 Å². The fraction of sp³-hybridized carbons (Fsp3) is 0.900. The van der Waals surface area contributed by atoms with Gasteiger partial charge in [-0.25, -0.2) is 9.90 Å². The zero-order chi connectivity index (χ0) is 9.14. The van der Waals surface area contributed by atoms with Gasteiger partial charge in [-0.1, -0.05) is 13.8 Å². The van der Waals surface area contributed by atoms with Crippen LogP contribution in [0.4, 0.5) is 0 Å². The Kier molecular flexibility index (Phi) is 3.12. The van der Waals surface area contributed by atoms with Gasteiger partial charge < -0.3 is 0 Å². The van der Waals surface area contributed by atoms with Gasteiger partial charge in [-0.15, -0.1) is 0 Å². The van der Waals surface area contributed by atoms with Gasteiger partial charge in [0, 0.05) is 0 Å². The summed E-state index contributed by atoms with van der Waals surface area (Å²) in [5.41, 5.74) is 0. The van der Waals surface area contributed by atoms with Gasteiger partial charge >= 0.3 is 5.97 Å². The van der Waals surface area contributed by atoms with Crippen molar-refractivity contribution >= 4 is 5.97 Å². The average Bonchev–Trinajstić information content (AvgIpc) is 2.62. The van der Waals surface area contributed by atoms with Gasteiger partial charge in [0.1, 0.15) is 0 Å². The lowest BCUT2D eigenvalue weighted by molar-refractivity contribution is -0.143. The summed E-state index contributed by atoms with van der Waals surface area (Å²) in [7, 11) is 0. The van der Waals surface area contributed by atoms with Crippen LogP contribution in [0.5, 0.6) is 0 Å². The first-order chi connectivity index (χ1) is 5.59. The molecule has 2 nitrogen and oxygen atoms in total. The van der Waals surface area contributed by atoms with Gasteiger partial charge in [0.05, 0.1) is 6.42 Å². The Bertz CT molecular complexity index is 163. The predicted octanol–water partition coefficient (Wildman–Crippen LogP) is 2.41. The van der Waals surface area contributed by atoms with Crippen LogP contribution in [0.25, 0.3) is 0 Å². The summed E-state index contributed by atoms with van der Waals surface area (Å²) in [6, 6.07) is 0. The normalized spacial score (nSPS) is 27.6. The molecule has 1 aliphatic rings. The third-order valence-corrected chi connectivity index (χ3v) is 2.56. The highest BCUT2D eigenvalue weighted by Gasteiger charge is 2.36. The maximum absolute atomic E-state index is 10.1. The minimum atomic E-state index is -0.898. The molecular formula is C10H17O2.